The van der Waals surface area contributed by atoms with Gasteiger partial charge in [-0.25, -0.2) is 0 Å². The second kappa shape index (κ2) is 12.3. The summed E-state index contributed by atoms with van der Waals surface area (Å²) in [4.78, 5) is 0. The quantitative estimate of drug-likeness (QED) is 0.283. The Labute approximate surface area is 174 Å². The normalized spacial score (nSPS) is 22.7. The minimum Gasteiger partial charge on any atom is -0.176 e. The Morgan fingerprint density at radius 2 is 1.74 bits per heavy atom. The molecule has 0 aliphatic heterocycles. The van der Waals surface area contributed by atoms with E-state index >= 15 is 0 Å². The molecule has 0 amide bonds. The molecule has 1 fully saturated rings. The Morgan fingerprint density at radius 3 is 2.30 bits per heavy atom. The zero-order chi connectivity index (χ0) is 20.4. The topological polar surface area (TPSA) is 0 Å². The van der Waals surface area contributed by atoms with Crippen LogP contribution >= 0.6 is 12.6 Å². The highest BCUT2D eigenvalue weighted by Crippen LogP contribution is 2.34. The van der Waals surface area contributed by atoms with Gasteiger partial charge in [0.15, 0.2) is 0 Å². The van der Waals surface area contributed by atoms with Gasteiger partial charge in [0.25, 0.3) is 0 Å². The van der Waals surface area contributed by atoms with Gasteiger partial charge in [0, 0.05) is 5.25 Å². The lowest BCUT2D eigenvalue weighted by Crippen LogP contribution is -2.15. The first-order valence-electron chi connectivity index (χ1n) is 10.6. The number of hydrogen-bond donors (Lipinski definition) is 1. The summed E-state index contributed by atoms with van der Waals surface area (Å²) >= 11 is 4.63. The van der Waals surface area contributed by atoms with Crippen molar-refractivity contribution >= 4 is 12.6 Å². The molecule has 0 aromatic rings. The largest absolute Gasteiger partial charge is 0.176 e. The summed E-state index contributed by atoms with van der Waals surface area (Å²) in [7, 11) is 0. The van der Waals surface area contributed by atoms with Crippen LogP contribution in [0.2, 0.25) is 0 Å². The van der Waals surface area contributed by atoms with Crippen molar-refractivity contribution in [3.8, 4) is 0 Å². The van der Waals surface area contributed by atoms with Crippen molar-refractivity contribution in [2.24, 2.45) is 11.8 Å². The van der Waals surface area contributed by atoms with Crippen molar-refractivity contribution < 1.29 is 0 Å². The summed E-state index contributed by atoms with van der Waals surface area (Å²) in [6, 6.07) is 0. The molecule has 1 rings (SSSR count). The van der Waals surface area contributed by atoms with Gasteiger partial charge in [-0.15, -0.1) is 0 Å². The zero-order valence-corrected chi connectivity index (χ0v) is 19.0. The molecule has 27 heavy (non-hydrogen) atoms. The van der Waals surface area contributed by atoms with Crippen LogP contribution in [0, 0.1) is 11.8 Å². The minimum atomic E-state index is 0.524. The Hall–Kier alpha value is -1.21. The van der Waals surface area contributed by atoms with E-state index in [0.29, 0.717) is 17.1 Å². The van der Waals surface area contributed by atoms with Gasteiger partial charge in [-0.1, -0.05) is 76.3 Å². The van der Waals surface area contributed by atoms with Gasteiger partial charge in [0.1, 0.15) is 0 Å². The van der Waals surface area contributed by atoms with Crippen LogP contribution in [0.4, 0.5) is 0 Å². The molecule has 0 radical (unpaired) electrons. The number of thiol groups is 1. The lowest BCUT2D eigenvalue weighted by molar-refractivity contribution is 0.417. The summed E-state index contributed by atoms with van der Waals surface area (Å²) in [5.41, 5.74) is 5.81. The van der Waals surface area contributed by atoms with E-state index in [1.807, 2.05) is 0 Å². The second-order valence-corrected chi connectivity index (χ2v) is 8.81. The average Bonchev–Trinajstić information content (AvgIpc) is 2.67. The van der Waals surface area contributed by atoms with E-state index in [4.69, 9.17) is 0 Å². The summed E-state index contributed by atoms with van der Waals surface area (Å²) in [5.74, 6) is 1.18. The van der Waals surface area contributed by atoms with Gasteiger partial charge in [-0.3, -0.25) is 0 Å². The van der Waals surface area contributed by atoms with Gasteiger partial charge < -0.3 is 0 Å². The van der Waals surface area contributed by atoms with E-state index in [9.17, 15) is 0 Å². The van der Waals surface area contributed by atoms with E-state index < -0.39 is 0 Å². The van der Waals surface area contributed by atoms with Crippen molar-refractivity contribution in [1.29, 1.82) is 0 Å². The lowest BCUT2D eigenvalue weighted by Gasteiger charge is -2.27. The van der Waals surface area contributed by atoms with Crippen LogP contribution < -0.4 is 0 Å². The predicted molar refractivity (Wildman–Crippen MR) is 127 cm³/mol. The molecule has 0 aromatic carbocycles. The van der Waals surface area contributed by atoms with E-state index in [1.165, 1.54) is 61.7 Å². The van der Waals surface area contributed by atoms with Crippen LogP contribution in [0.15, 0.2) is 71.9 Å². The van der Waals surface area contributed by atoms with E-state index in [1.54, 1.807) is 0 Å². The molecule has 0 N–H and O–H groups in total. The maximum atomic E-state index is 4.63. The fraction of sp³-hybridized carbons (Fsp3) is 0.538. The third-order valence-electron chi connectivity index (χ3n) is 5.87. The Bertz CT molecular complexity index is 606. The third kappa shape index (κ3) is 8.13. The zero-order valence-electron chi connectivity index (χ0n) is 18.1. The predicted octanol–water partition coefficient (Wildman–Crippen LogP) is 8.42. The molecule has 1 aliphatic rings. The summed E-state index contributed by atoms with van der Waals surface area (Å²) in [5, 5.41) is 0.581. The number of rotatable bonds is 10. The SMILES string of the molecule is C=C(/C=C\C(=C)C(C)CCCC)C(=C)/C(C)=C\C(=C/C)C1CCC(S)CC1. The maximum absolute atomic E-state index is 4.63. The van der Waals surface area contributed by atoms with Crippen LogP contribution in [0.1, 0.15) is 72.6 Å². The van der Waals surface area contributed by atoms with Gasteiger partial charge >= 0.3 is 0 Å². The van der Waals surface area contributed by atoms with Gasteiger partial charge in [0.2, 0.25) is 0 Å². The molecule has 0 spiro atoms. The van der Waals surface area contributed by atoms with Crippen LogP contribution in [0.5, 0.6) is 0 Å². The van der Waals surface area contributed by atoms with Crippen molar-refractivity contribution in [2.75, 3.05) is 0 Å². The van der Waals surface area contributed by atoms with Gasteiger partial charge in [0.05, 0.1) is 0 Å². The molecule has 1 atom stereocenters. The molecule has 0 heterocycles. The number of unbranched alkanes of at least 4 members (excludes halogenated alkanes) is 1. The van der Waals surface area contributed by atoms with Crippen LogP contribution in [0.25, 0.3) is 0 Å². The molecule has 1 heteroatoms. The minimum absolute atomic E-state index is 0.524. The van der Waals surface area contributed by atoms with Crippen LogP contribution in [-0.2, 0) is 0 Å². The Balaban J connectivity index is 2.70. The lowest BCUT2D eigenvalue weighted by atomic mass is 9.82. The monoisotopic (exact) mass is 384 g/mol. The smallest absolute Gasteiger partial charge is 0.00172 e. The summed E-state index contributed by atoms with van der Waals surface area (Å²) in [6.07, 6.45) is 17.4. The van der Waals surface area contributed by atoms with Crippen LogP contribution in [0.3, 0.4) is 0 Å². The molecule has 1 aliphatic carbocycles. The van der Waals surface area contributed by atoms with Gasteiger partial charge in [-0.05, 0) is 80.1 Å². The Morgan fingerprint density at radius 1 is 1.11 bits per heavy atom. The average molecular weight is 385 g/mol. The molecule has 0 saturated heterocycles. The van der Waals surface area contributed by atoms with Gasteiger partial charge in [-0.2, -0.15) is 12.6 Å². The number of allylic oxidation sites excluding steroid dienone is 9. The van der Waals surface area contributed by atoms with E-state index in [2.05, 4.69) is 84.4 Å². The maximum Gasteiger partial charge on any atom is 0.00172 e. The first kappa shape index (κ1) is 23.8. The molecule has 1 saturated carbocycles. The molecule has 0 nitrogen and oxygen atoms in total. The fourth-order valence-electron chi connectivity index (χ4n) is 3.60. The van der Waals surface area contributed by atoms with E-state index in [0.717, 1.165) is 11.1 Å². The standard InChI is InChI=1S/C26H40S/c1-8-10-11-19(3)20(4)12-13-21(5)23(7)22(6)18-24(9-2)25-14-16-26(27)17-15-25/h9,12-13,18-19,25-27H,4-5,7-8,10-11,14-17H2,1-3,6H3/b13-12-,22-18-,24-9+. The molecule has 0 aromatic heterocycles. The highest BCUT2D eigenvalue weighted by molar-refractivity contribution is 7.80. The molecular formula is C26H40S. The highest BCUT2D eigenvalue weighted by Gasteiger charge is 2.20. The van der Waals surface area contributed by atoms with E-state index in [-0.39, 0.29) is 0 Å². The van der Waals surface area contributed by atoms with Crippen molar-refractivity contribution in [1.82, 2.24) is 0 Å². The van der Waals surface area contributed by atoms with Crippen molar-refractivity contribution in [3.63, 3.8) is 0 Å². The second-order valence-electron chi connectivity index (χ2n) is 8.08. The molecular weight excluding hydrogens is 344 g/mol. The fourth-order valence-corrected chi connectivity index (χ4v) is 3.90. The molecule has 1 unspecified atom stereocenters. The third-order valence-corrected chi connectivity index (χ3v) is 6.39. The number of hydrogen-bond acceptors (Lipinski definition) is 1. The first-order valence-corrected chi connectivity index (χ1v) is 11.1. The van der Waals surface area contributed by atoms with Crippen molar-refractivity contribution in [2.45, 2.75) is 77.9 Å². The summed E-state index contributed by atoms with van der Waals surface area (Å²) in [6.45, 7) is 21.5. The molecule has 150 valence electrons. The Kier molecular flexibility index (Phi) is 10.8. The first-order chi connectivity index (χ1) is 12.8. The highest BCUT2D eigenvalue weighted by atomic mass is 32.1. The van der Waals surface area contributed by atoms with Crippen LogP contribution in [-0.4, -0.2) is 5.25 Å². The molecule has 0 bridgehead atoms. The summed E-state index contributed by atoms with van der Waals surface area (Å²) < 4.78 is 0. The van der Waals surface area contributed by atoms with Crippen molar-refractivity contribution in [3.05, 3.63) is 71.9 Å².